The highest BCUT2D eigenvalue weighted by molar-refractivity contribution is 6.00. The third-order valence-electron chi connectivity index (χ3n) is 2.41. The van der Waals surface area contributed by atoms with E-state index in [0.717, 1.165) is 5.39 Å². The average Bonchev–Trinajstić information content (AvgIpc) is 2.35. The zero-order valence-electron chi connectivity index (χ0n) is 10.1. The molecule has 92 valence electrons. The van der Waals surface area contributed by atoms with Gasteiger partial charge in [-0.3, -0.25) is 4.79 Å². The van der Waals surface area contributed by atoms with Crippen LogP contribution in [-0.2, 0) is 4.79 Å². The molecule has 1 heterocycles. The third-order valence-corrected chi connectivity index (χ3v) is 2.41. The number of nitrogens with zero attached hydrogens (tertiary/aromatic N) is 1. The summed E-state index contributed by atoms with van der Waals surface area (Å²) in [5.74, 6) is -0.292. The van der Waals surface area contributed by atoms with Gasteiger partial charge in [-0.1, -0.05) is 18.2 Å². The van der Waals surface area contributed by atoms with Crippen LogP contribution in [0, 0.1) is 0 Å². The first-order valence-corrected chi connectivity index (χ1v) is 5.42. The molecular formula is C13H12N2O3. The molecule has 0 aliphatic heterocycles. The lowest BCUT2D eigenvalue weighted by molar-refractivity contribution is -0.118. The van der Waals surface area contributed by atoms with E-state index in [2.05, 4.69) is 10.5 Å². The van der Waals surface area contributed by atoms with Gasteiger partial charge in [0.1, 0.15) is 5.58 Å². The van der Waals surface area contributed by atoms with Crippen molar-refractivity contribution >= 4 is 22.6 Å². The van der Waals surface area contributed by atoms with E-state index in [9.17, 15) is 9.59 Å². The predicted octanol–water partition coefficient (Wildman–Crippen LogP) is 1.65. The first-order chi connectivity index (χ1) is 8.58. The van der Waals surface area contributed by atoms with E-state index in [4.69, 9.17) is 4.42 Å². The van der Waals surface area contributed by atoms with E-state index >= 15 is 0 Å². The molecule has 0 spiro atoms. The predicted molar refractivity (Wildman–Crippen MR) is 68.5 cm³/mol. The number of fused-ring (bicyclic) bond motifs is 1. The first-order valence-electron chi connectivity index (χ1n) is 5.42. The van der Waals surface area contributed by atoms with Crippen LogP contribution in [0.25, 0.3) is 11.0 Å². The van der Waals surface area contributed by atoms with E-state index < -0.39 is 5.63 Å². The minimum absolute atomic E-state index is 0.292. The lowest BCUT2D eigenvalue weighted by atomic mass is 10.1. The van der Waals surface area contributed by atoms with Crippen LogP contribution in [0.1, 0.15) is 19.4 Å². The normalized spacial score (nSPS) is 11.6. The van der Waals surface area contributed by atoms with Crippen LogP contribution >= 0.6 is 0 Å². The number of nitrogens with one attached hydrogen (secondary N) is 1. The number of carbonyl (C=O) groups excluding carboxylic acids is 1. The molecule has 0 fully saturated rings. The molecule has 1 aromatic heterocycles. The molecule has 0 atom stereocenters. The fourth-order valence-corrected chi connectivity index (χ4v) is 1.54. The molecule has 1 amide bonds. The third kappa shape index (κ3) is 2.45. The maximum Gasteiger partial charge on any atom is 0.345 e. The molecule has 0 aliphatic carbocycles. The summed E-state index contributed by atoms with van der Waals surface area (Å²) >= 11 is 0. The van der Waals surface area contributed by atoms with Gasteiger partial charge < -0.3 is 4.42 Å². The fourth-order valence-electron chi connectivity index (χ4n) is 1.54. The van der Waals surface area contributed by atoms with Gasteiger partial charge in [0, 0.05) is 12.3 Å². The van der Waals surface area contributed by atoms with Gasteiger partial charge in [0.15, 0.2) is 0 Å². The largest absolute Gasteiger partial charge is 0.422 e. The van der Waals surface area contributed by atoms with Crippen LogP contribution in [0.5, 0.6) is 0 Å². The van der Waals surface area contributed by atoms with Gasteiger partial charge in [0.05, 0.1) is 11.3 Å². The van der Waals surface area contributed by atoms with E-state index in [1.165, 1.54) is 6.92 Å². The molecule has 5 heteroatoms. The van der Waals surface area contributed by atoms with Crippen LogP contribution in [0.15, 0.2) is 44.6 Å². The number of carbonyl (C=O) groups is 1. The van der Waals surface area contributed by atoms with Crippen LogP contribution in [0.2, 0.25) is 0 Å². The van der Waals surface area contributed by atoms with Gasteiger partial charge in [-0.2, -0.15) is 5.10 Å². The van der Waals surface area contributed by atoms with Crippen molar-refractivity contribution in [3.63, 3.8) is 0 Å². The van der Waals surface area contributed by atoms with Crippen molar-refractivity contribution in [1.82, 2.24) is 5.43 Å². The lowest BCUT2D eigenvalue weighted by Crippen LogP contribution is -2.18. The number of para-hydroxylation sites is 1. The van der Waals surface area contributed by atoms with Crippen molar-refractivity contribution in [2.45, 2.75) is 13.8 Å². The van der Waals surface area contributed by atoms with Crippen molar-refractivity contribution in [2.75, 3.05) is 0 Å². The van der Waals surface area contributed by atoms with Crippen molar-refractivity contribution < 1.29 is 9.21 Å². The minimum atomic E-state index is -0.472. The van der Waals surface area contributed by atoms with Gasteiger partial charge in [-0.15, -0.1) is 0 Å². The lowest BCUT2D eigenvalue weighted by Gasteiger charge is -2.01. The molecule has 0 radical (unpaired) electrons. The number of benzene rings is 1. The zero-order chi connectivity index (χ0) is 13.1. The summed E-state index contributed by atoms with van der Waals surface area (Å²) in [6.07, 6.45) is 0. The molecule has 18 heavy (non-hydrogen) atoms. The maximum absolute atomic E-state index is 11.8. The van der Waals surface area contributed by atoms with E-state index in [1.807, 2.05) is 12.1 Å². The summed E-state index contributed by atoms with van der Waals surface area (Å²) < 4.78 is 5.17. The summed E-state index contributed by atoms with van der Waals surface area (Å²) in [4.78, 5) is 22.5. The summed E-state index contributed by atoms with van der Waals surface area (Å²) in [6, 6.07) is 8.91. The molecule has 1 aromatic carbocycles. The fraction of sp³-hybridized carbons (Fsp3) is 0.154. The molecule has 2 rings (SSSR count). The Hall–Kier alpha value is -2.43. The molecular weight excluding hydrogens is 232 g/mol. The second kappa shape index (κ2) is 4.83. The van der Waals surface area contributed by atoms with Gasteiger partial charge >= 0.3 is 5.63 Å². The first kappa shape index (κ1) is 12.0. The van der Waals surface area contributed by atoms with Crippen LogP contribution in [0.4, 0.5) is 0 Å². The zero-order valence-corrected chi connectivity index (χ0v) is 10.1. The number of rotatable bonds is 2. The Labute approximate surface area is 103 Å². The Morgan fingerprint density at radius 3 is 2.72 bits per heavy atom. The van der Waals surface area contributed by atoms with E-state index in [0.29, 0.717) is 16.9 Å². The summed E-state index contributed by atoms with van der Waals surface area (Å²) in [5, 5.41) is 4.63. The summed E-state index contributed by atoms with van der Waals surface area (Å²) in [6.45, 7) is 2.98. The second-order valence-electron chi connectivity index (χ2n) is 3.85. The van der Waals surface area contributed by atoms with Gasteiger partial charge in [-0.25, -0.2) is 10.2 Å². The van der Waals surface area contributed by atoms with Crippen LogP contribution < -0.4 is 11.1 Å². The molecule has 1 N–H and O–H groups in total. The molecule has 2 aromatic rings. The van der Waals surface area contributed by atoms with Gasteiger partial charge in [0.2, 0.25) is 5.91 Å². The minimum Gasteiger partial charge on any atom is -0.422 e. The highest BCUT2D eigenvalue weighted by atomic mass is 16.4. The monoisotopic (exact) mass is 244 g/mol. The van der Waals surface area contributed by atoms with E-state index in [1.54, 1.807) is 25.1 Å². The quantitative estimate of drug-likeness (QED) is 0.496. The van der Waals surface area contributed by atoms with E-state index in [-0.39, 0.29) is 5.91 Å². The smallest absolute Gasteiger partial charge is 0.345 e. The van der Waals surface area contributed by atoms with Crippen molar-refractivity contribution in [1.29, 1.82) is 0 Å². The number of hydrogen-bond acceptors (Lipinski definition) is 4. The molecule has 0 saturated heterocycles. The van der Waals surface area contributed by atoms with Crippen LogP contribution in [-0.4, -0.2) is 11.6 Å². The standard InChI is InChI=1S/C13H12N2O3/c1-8(14-15-9(2)16)11-7-10-5-3-4-6-12(10)18-13(11)17/h3-7H,1-2H3,(H,15,16)/b14-8+. The number of amides is 1. The summed E-state index contributed by atoms with van der Waals surface area (Å²) in [7, 11) is 0. The van der Waals surface area contributed by atoms with Gasteiger partial charge in [-0.05, 0) is 19.1 Å². The molecule has 0 aliphatic rings. The average molecular weight is 244 g/mol. The van der Waals surface area contributed by atoms with Crippen LogP contribution in [0.3, 0.4) is 0 Å². The van der Waals surface area contributed by atoms with Crippen molar-refractivity contribution in [3.05, 3.63) is 46.3 Å². The molecule has 0 saturated carbocycles. The Balaban J connectivity index is 2.51. The van der Waals surface area contributed by atoms with Crippen molar-refractivity contribution in [3.8, 4) is 0 Å². The number of hydrazone groups is 1. The molecule has 0 bridgehead atoms. The number of hydrogen-bond donors (Lipinski definition) is 1. The SMILES string of the molecule is CC(=O)N/N=C(\C)c1cc2ccccc2oc1=O. The highest BCUT2D eigenvalue weighted by Crippen LogP contribution is 2.12. The molecule has 5 nitrogen and oxygen atoms in total. The summed E-state index contributed by atoms with van der Waals surface area (Å²) in [5.41, 5.74) is 3.08. The Bertz CT molecular complexity index is 686. The Kier molecular flexibility index (Phi) is 3.23. The second-order valence-corrected chi connectivity index (χ2v) is 3.85. The van der Waals surface area contributed by atoms with Gasteiger partial charge in [0.25, 0.3) is 0 Å². The Morgan fingerprint density at radius 1 is 1.28 bits per heavy atom. The maximum atomic E-state index is 11.8. The van der Waals surface area contributed by atoms with Crippen molar-refractivity contribution in [2.24, 2.45) is 5.10 Å². The topological polar surface area (TPSA) is 71.7 Å². The molecule has 0 unspecified atom stereocenters. The Morgan fingerprint density at radius 2 is 2.00 bits per heavy atom. The highest BCUT2D eigenvalue weighted by Gasteiger charge is 2.08.